The number of benzene rings is 1. The summed E-state index contributed by atoms with van der Waals surface area (Å²) in [4.78, 5) is 23.7. The van der Waals surface area contributed by atoms with E-state index in [2.05, 4.69) is 26.3 Å². The molecule has 1 fully saturated rings. The number of hydrogen-bond acceptors (Lipinski definition) is 5. The van der Waals surface area contributed by atoms with Crippen molar-refractivity contribution in [1.29, 1.82) is 0 Å². The van der Waals surface area contributed by atoms with Crippen LogP contribution in [0.5, 0.6) is 0 Å². The Morgan fingerprint density at radius 2 is 2.19 bits per heavy atom. The first kappa shape index (κ1) is 17.2. The quantitative estimate of drug-likeness (QED) is 0.700. The summed E-state index contributed by atoms with van der Waals surface area (Å²) in [6.07, 6.45) is 1.27. The second-order valence-electron chi connectivity index (χ2n) is 6.43. The van der Waals surface area contributed by atoms with E-state index in [9.17, 15) is 4.79 Å². The molecule has 0 spiro atoms. The van der Waals surface area contributed by atoms with Crippen LogP contribution in [0.3, 0.4) is 0 Å². The summed E-state index contributed by atoms with van der Waals surface area (Å²) in [5.74, 6) is 0.980. The number of ether oxygens (including phenoxy) is 1. The van der Waals surface area contributed by atoms with Crippen molar-refractivity contribution < 1.29 is 9.53 Å². The number of aryl methyl sites for hydroxylation is 1. The van der Waals surface area contributed by atoms with E-state index in [4.69, 9.17) is 4.74 Å². The van der Waals surface area contributed by atoms with Crippen LogP contribution < -0.4 is 5.32 Å². The highest BCUT2D eigenvalue weighted by Gasteiger charge is 2.13. The van der Waals surface area contributed by atoms with Gasteiger partial charge in [-0.1, -0.05) is 6.07 Å². The third-order valence-electron chi connectivity index (χ3n) is 4.47. The van der Waals surface area contributed by atoms with Crippen LogP contribution in [0.1, 0.15) is 17.1 Å². The van der Waals surface area contributed by atoms with Crippen molar-refractivity contribution >= 4 is 34.0 Å². The van der Waals surface area contributed by atoms with Crippen molar-refractivity contribution in [3.05, 3.63) is 46.4 Å². The molecular formula is C19H22N4O2S. The van der Waals surface area contributed by atoms with Gasteiger partial charge in [0.25, 0.3) is 0 Å². The molecule has 1 aliphatic heterocycles. The van der Waals surface area contributed by atoms with Gasteiger partial charge in [0, 0.05) is 30.1 Å². The molecule has 26 heavy (non-hydrogen) atoms. The smallest absolute Gasteiger partial charge is 0.224 e. The number of aromatic amines is 1. The zero-order valence-corrected chi connectivity index (χ0v) is 15.3. The topological polar surface area (TPSA) is 70.2 Å². The van der Waals surface area contributed by atoms with Gasteiger partial charge in [-0.3, -0.25) is 9.69 Å². The molecule has 2 N–H and O–H groups in total. The zero-order chi connectivity index (χ0) is 17.8. The molecular weight excluding hydrogens is 348 g/mol. The first-order valence-corrected chi connectivity index (χ1v) is 9.75. The maximum atomic E-state index is 12.2. The maximum absolute atomic E-state index is 12.2. The number of carbonyl (C=O) groups is 1. The molecule has 1 aromatic carbocycles. The Morgan fingerprint density at radius 1 is 1.31 bits per heavy atom. The van der Waals surface area contributed by atoms with E-state index in [1.54, 1.807) is 11.3 Å². The van der Waals surface area contributed by atoms with E-state index >= 15 is 0 Å². The predicted molar refractivity (Wildman–Crippen MR) is 103 cm³/mol. The van der Waals surface area contributed by atoms with Crippen molar-refractivity contribution in [1.82, 2.24) is 14.9 Å². The standard InChI is InChI=1S/C19H22N4O2S/c24-19(6-4-15-2-1-11-26-15)20-14-3-5-16-17(12-14)22-18(21-16)13-23-7-9-25-10-8-23/h1-3,5,11-12H,4,6-10,13H2,(H,20,24)(H,21,22). The summed E-state index contributed by atoms with van der Waals surface area (Å²) >= 11 is 1.68. The predicted octanol–water partition coefficient (Wildman–Crippen LogP) is 3.03. The first-order valence-electron chi connectivity index (χ1n) is 8.87. The molecule has 0 bridgehead atoms. The zero-order valence-electron chi connectivity index (χ0n) is 14.5. The second kappa shape index (κ2) is 7.99. The van der Waals surface area contributed by atoms with Gasteiger partial charge in [0.1, 0.15) is 5.82 Å². The largest absolute Gasteiger partial charge is 0.379 e. The van der Waals surface area contributed by atoms with Crippen molar-refractivity contribution in [3.63, 3.8) is 0 Å². The Labute approximate surface area is 156 Å². The van der Waals surface area contributed by atoms with Crippen LogP contribution in [-0.2, 0) is 22.5 Å². The van der Waals surface area contributed by atoms with Crippen LogP contribution in [0.25, 0.3) is 11.0 Å². The Balaban J connectivity index is 1.37. The van der Waals surface area contributed by atoms with Gasteiger partial charge in [-0.05, 0) is 36.1 Å². The molecule has 1 saturated heterocycles. The van der Waals surface area contributed by atoms with Crippen molar-refractivity contribution in [3.8, 4) is 0 Å². The van der Waals surface area contributed by atoms with Gasteiger partial charge in [-0.15, -0.1) is 11.3 Å². The lowest BCUT2D eigenvalue weighted by atomic mass is 10.2. The van der Waals surface area contributed by atoms with Gasteiger partial charge in [0.15, 0.2) is 0 Å². The highest BCUT2D eigenvalue weighted by molar-refractivity contribution is 7.09. The summed E-state index contributed by atoms with van der Waals surface area (Å²) in [6, 6.07) is 9.88. The molecule has 0 radical (unpaired) electrons. The lowest BCUT2D eigenvalue weighted by Gasteiger charge is -2.25. The molecule has 7 heteroatoms. The highest BCUT2D eigenvalue weighted by Crippen LogP contribution is 2.19. The molecule has 1 aliphatic rings. The van der Waals surface area contributed by atoms with Crippen LogP contribution in [0.2, 0.25) is 0 Å². The normalized spacial score (nSPS) is 15.4. The van der Waals surface area contributed by atoms with Crippen LogP contribution in [0.15, 0.2) is 35.7 Å². The molecule has 4 rings (SSSR count). The van der Waals surface area contributed by atoms with E-state index < -0.39 is 0 Å². The average Bonchev–Trinajstić information content (AvgIpc) is 3.29. The fourth-order valence-electron chi connectivity index (χ4n) is 3.10. The number of nitrogens with one attached hydrogen (secondary N) is 2. The van der Waals surface area contributed by atoms with Crippen molar-refractivity contribution in [2.24, 2.45) is 0 Å². The summed E-state index contributed by atoms with van der Waals surface area (Å²) in [5.41, 5.74) is 2.67. The minimum Gasteiger partial charge on any atom is -0.379 e. The molecule has 136 valence electrons. The number of rotatable bonds is 6. The number of anilines is 1. The number of H-pyrrole nitrogens is 1. The number of thiophene rings is 1. The van der Waals surface area contributed by atoms with Gasteiger partial charge in [0.2, 0.25) is 5.91 Å². The summed E-state index contributed by atoms with van der Waals surface area (Å²) in [6.45, 7) is 4.22. The fraction of sp³-hybridized carbons (Fsp3) is 0.368. The second-order valence-corrected chi connectivity index (χ2v) is 7.46. The molecule has 2 aromatic heterocycles. The Kier molecular flexibility index (Phi) is 5.29. The number of fused-ring (bicyclic) bond motifs is 1. The number of hydrogen-bond donors (Lipinski definition) is 2. The molecule has 3 aromatic rings. The lowest BCUT2D eigenvalue weighted by Crippen LogP contribution is -2.35. The SMILES string of the molecule is O=C(CCc1cccs1)Nc1ccc2nc(CN3CCOCC3)[nH]c2c1. The Bertz CT molecular complexity index is 869. The van der Waals surface area contributed by atoms with Gasteiger partial charge >= 0.3 is 0 Å². The minimum atomic E-state index is 0.0332. The number of amides is 1. The van der Waals surface area contributed by atoms with Gasteiger partial charge in [-0.25, -0.2) is 4.98 Å². The minimum absolute atomic E-state index is 0.0332. The number of aromatic nitrogens is 2. The van der Waals surface area contributed by atoms with Gasteiger partial charge in [-0.2, -0.15) is 0 Å². The van der Waals surface area contributed by atoms with Crippen molar-refractivity contribution in [2.75, 3.05) is 31.6 Å². The monoisotopic (exact) mass is 370 g/mol. The third-order valence-corrected chi connectivity index (χ3v) is 5.41. The molecule has 0 saturated carbocycles. The molecule has 6 nitrogen and oxygen atoms in total. The Morgan fingerprint density at radius 3 is 3.00 bits per heavy atom. The van der Waals surface area contributed by atoms with Crippen LogP contribution in [0, 0.1) is 0 Å². The van der Waals surface area contributed by atoms with E-state index in [0.717, 1.165) is 61.8 Å². The van der Waals surface area contributed by atoms with Crippen LogP contribution in [0.4, 0.5) is 5.69 Å². The van der Waals surface area contributed by atoms with E-state index in [1.807, 2.05) is 29.6 Å². The molecule has 3 heterocycles. The molecule has 0 aliphatic carbocycles. The molecule has 1 amide bonds. The summed E-state index contributed by atoms with van der Waals surface area (Å²) in [5, 5.41) is 5.01. The van der Waals surface area contributed by atoms with Crippen LogP contribution in [-0.4, -0.2) is 47.1 Å². The number of imidazole rings is 1. The fourth-order valence-corrected chi connectivity index (χ4v) is 3.81. The number of nitrogens with zero attached hydrogens (tertiary/aromatic N) is 2. The van der Waals surface area contributed by atoms with Gasteiger partial charge in [0.05, 0.1) is 30.8 Å². The maximum Gasteiger partial charge on any atom is 0.224 e. The van der Waals surface area contributed by atoms with Crippen LogP contribution >= 0.6 is 11.3 Å². The van der Waals surface area contributed by atoms with E-state index in [-0.39, 0.29) is 5.91 Å². The number of carbonyl (C=O) groups excluding carboxylic acids is 1. The van der Waals surface area contributed by atoms with E-state index in [1.165, 1.54) is 4.88 Å². The van der Waals surface area contributed by atoms with E-state index in [0.29, 0.717) is 6.42 Å². The Hall–Kier alpha value is -2.22. The third kappa shape index (κ3) is 4.30. The summed E-state index contributed by atoms with van der Waals surface area (Å²) in [7, 11) is 0. The number of morpholine rings is 1. The average molecular weight is 370 g/mol. The highest BCUT2D eigenvalue weighted by atomic mass is 32.1. The van der Waals surface area contributed by atoms with Crippen molar-refractivity contribution in [2.45, 2.75) is 19.4 Å². The first-order chi connectivity index (χ1) is 12.8. The summed E-state index contributed by atoms with van der Waals surface area (Å²) < 4.78 is 5.38. The lowest BCUT2D eigenvalue weighted by molar-refractivity contribution is -0.116. The van der Waals surface area contributed by atoms with Gasteiger partial charge < -0.3 is 15.0 Å². The molecule has 0 atom stereocenters. The molecule has 0 unspecified atom stereocenters.